The molecule has 49 heavy (non-hydrogen) atoms. The van der Waals surface area contributed by atoms with Gasteiger partial charge in [-0.3, -0.25) is 9.88 Å². The smallest absolute Gasteiger partial charge is 0.408 e. The largest absolute Gasteiger partial charge is 0.573 e. The summed E-state index contributed by atoms with van der Waals surface area (Å²) < 4.78 is 47.4. The van der Waals surface area contributed by atoms with Crippen molar-refractivity contribution in [3.05, 3.63) is 100 Å². The zero-order chi connectivity index (χ0) is 35.5. The lowest BCUT2D eigenvalue weighted by atomic mass is 9.89. The molecule has 260 valence electrons. The van der Waals surface area contributed by atoms with Crippen molar-refractivity contribution in [3.8, 4) is 33.8 Å². The van der Waals surface area contributed by atoms with E-state index in [9.17, 15) is 18.0 Å². The maximum atomic E-state index is 13.3. The summed E-state index contributed by atoms with van der Waals surface area (Å²) in [5.74, 6) is 0.441. The number of carbonyl (C=O) groups excluding carboxylic acids is 1. The number of ether oxygens (including phenoxy) is 2. The molecule has 0 saturated carbocycles. The number of rotatable bonds is 9. The number of aromatic nitrogens is 1. The zero-order valence-electron chi connectivity index (χ0n) is 28.8. The van der Waals surface area contributed by atoms with Gasteiger partial charge in [-0.2, -0.15) is 0 Å². The summed E-state index contributed by atoms with van der Waals surface area (Å²) in [6, 6.07) is 22.8. The Balaban J connectivity index is 1.23. The van der Waals surface area contributed by atoms with E-state index in [1.54, 1.807) is 24.0 Å². The van der Waals surface area contributed by atoms with E-state index in [0.717, 1.165) is 60.4 Å². The van der Waals surface area contributed by atoms with Gasteiger partial charge in [0.25, 0.3) is 0 Å². The fraction of sp³-hybridized carbons (Fsp3) is 0.385. The molecular formula is C39H43ClF3N3O3. The van der Waals surface area contributed by atoms with Crippen molar-refractivity contribution in [1.29, 1.82) is 0 Å². The van der Waals surface area contributed by atoms with Crippen molar-refractivity contribution in [2.24, 2.45) is 0 Å². The number of hydrogen-bond donors (Lipinski definition) is 0. The van der Waals surface area contributed by atoms with Crippen LogP contribution >= 0.6 is 11.6 Å². The number of pyridine rings is 1. The molecule has 0 bridgehead atoms. The minimum Gasteiger partial charge on any atom is -0.408 e. The van der Waals surface area contributed by atoms with Crippen LogP contribution in [0.3, 0.4) is 0 Å². The molecule has 1 saturated heterocycles. The Morgan fingerprint density at radius 3 is 1.92 bits per heavy atom. The molecule has 10 heteroatoms. The van der Waals surface area contributed by atoms with Crippen LogP contribution in [-0.4, -0.2) is 52.4 Å². The summed E-state index contributed by atoms with van der Waals surface area (Å²) in [6.07, 6.45) is -3.25. The molecule has 0 N–H and O–H groups in total. The number of benzene rings is 3. The summed E-state index contributed by atoms with van der Waals surface area (Å²) >= 11 is 6.70. The van der Waals surface area contributed by atoms with E-state index in [-0.39, 0.29) is 17.8 Å². The van der Waals surface area contributed by atoms with E-state index in [0.29, 0.717) is 27.9 Å². The molecule has 1 aliphatic heterocycles. The second-order valence-corrected chi connectivity index (χ2v) is 13.6. The van der Waals surface area contributed by atoms with Gasteiger partial charge in [0.15, 0.2) is 5.75 Å². The first-order valence-electron chi connectivity index (χ1n) is 16.6. The second kappa shape index (κ2) is 15.2. The molecule has 1 fully saturated rings. The number of nitrogens with zero attached hydrogens (tertiary/aromatic N) is 3. The van der Waals surface area contributed by atoms with Crippen LogP contribution in [0.15, 0.2) is 72.8 Å². The normalized spacial score (nSPS) is 14.4. The third-order valence-electron chi connectivity index (χ3n) is 8.99. The predicted octanol–water partition coefficient (Wildman–Crippen LogP) is 10.6. The maximum Gasteiger partial charge on any atom is 0.573 e. The van der Waals surface area contributed by atoms with Gasteiger partial charge in [0.1, 0.15) is 10.8 Å². The molecule has 3 aromatic carbocycles. The Morgan fingerprint density at radius 1 is 0.857 bits per heavy atom. The van der Waals surface area contributed by atoms with Gasteiger partial charge in [0.05, 0.1) is 5.69 Å². The van der Waals surface area contributed by atoms with Crippen LogP contribution in [0.2, 0.25) is 5.02 Å². The maximum absolute atomic E-state index is 13.3. The monoisotopic (exact) mass is 693 g/mol. The molecule has 4 aromatic rings. The van der Waals surface area contributed by atoms with Crippen LogP contribution in [-0.2, 0) is 6.54 Å². The summed E-state index contributed by atoms with van der Waals surface area (Å²) in [5.41, 5.74) is 7.25. The van der Waals surface area contributed by atoms with Gasteiger partial charge in [-0.25, -0.2) is 4.79 Å². The standard InChI is InChI=1S/C39H43ClF3N3O3/c1-24(2)46(25(3)4)38(47)48-37-35(26(5)44-27(6)36(37)40)33-13-11-30(12-14-33)29-9-7-28(8-10-29)23-45-21-19-32(20-22-45)31-15-17-34(18-16-31)49-39(41,42)43/h7-18,24-25,32H,19-23H2,1-6H3. The molecule has 1 aliphatic rings. The highest BCUT2D eigenvalue weighted by Crippen LogP contribution is 2.41. The summed E-state index contributed by atoms with van der Waals surface area (Å²) in [4.78, 5) is 22.0. The fourth-order valence-electron chi connectivity index (χ4n) is 6.64. The quantitative estimate of drug-likeness (QED) is 0.175. The lowest BCUT2D eigenvalue weighted by Gasteiger charge is -2.32. The van der Waals surface area contributed by atoms with Crippen molar-refractivity contribution in [2.75, 3.05) is 13.1 Å². The van der Waals surface area contributed by atoms with Gasteiger partial charge in [-0.1, -0.05) is 72.3 Å². The number of alkyl halides is 3. The molecule has 6 nitrogen and oxygen atoms in total. The van der Waals surface area contributed by atoms with Crippen LogP contribution in [0.4, 0.5) is 18.0 Å². The van der Waals surface area contributed by atoms with E-state index >= 15 is 0 Å². The van der Waals surface area contributed by atoms with Crippen LogP contribution < -0.4 is 9.47 Å². The van der Waals surface area contributed by atoms with Gasteiger partial charge < -0.3 is 14.4 Å². The zero-order valence-corrected chi connectivity index (χ0v) is 29.5. The molecule has 0 aliphatic carbocycles. The molecule has 1 amide bonds. The number of piperidine rings is 1. The van der Waals surface area contributed by atoms with E-state index < -0.39 is 12.5 Å². The van der Waals surface area contributed by atoms with Crippen LogP contribution in [0.1, 0.15) is 69.0 Å². The van der Waals surface area contributed by atoms with Crippen molar-refractivity contribution in [1.82, 2.24) is 14.8 Å². The molecule has 0 atom stereocenters. The highest BCUT2D eigenvalue weighted by Gasteiger charge is 2.31. The highest BCUT2D eigenvalue weighted by molar-refractivity contribution is 6.33. The van der Waals surface area contributed by atoms with Gasteiger partial charge in [0, 0.05) is 29.9 Å². The lowest BCUT2D eigenvalue weighted by Crippen LogP contribution is -2.43. The number of hydrogen-bond acceptors (Lipinski definition) is 5. The Bertz CT molecular complexity index is 1730. The molecule has 0 spiro atoms. The first-order chi connectivity index (χ1) is 23.2. The fourth-order valence-corrected chi connectivity index (χ4v) is 6.82. The highest BCUT2D eigenvalue weighted by atomic mass is 35.5. The Kier molecular flexibility index (Phi) is 11.2. The Labute approximate surface area is 291 Å². The number of amides is 1. The van der Waals surface area contributed by atoms with Crippen LogP contribution in [0, 0.1) is 13.8 Å². The molecule has 2 heterocycles. The minimum absolute atomic E-state index is 0.0407. The van der Waals surface area contributed by atoms with E-state index in [1.165, 1.54) is 17.7 Å². The lowest BCUT2D eigenvalue weighted by molar-refractivity contribution is -0.274. The predicted molar refractivity (Wildman–Crippen MR) is 188 cm³/mol. The first kappa shape index (κ1) is 36.2. The van der Waals surface area contributed by atoms with Gasteiger partial charge in [-0.05, 0) is 113 Å². The van der Waals surface area contributed by atoms with Gasteiger partial charge in [0.2, 0.25) is 0 Å². The Morgan fingerprint density at radius 2 is 1.39 bits per heavy atom. The number of aryl methyl sites for hydroxylation is 2. The summed E-state index contributed by atoms with van der Waals surface area (Å²) in [5, 5.41) is 0.318. The van der Waals surface area contributed by atoms with Gasteiger partial charge >= 0.3 is 12.5 Å². The average molecular weight is 694 g/mol. The van der Waals surface area contributed by atoms with Gasteiger partial charge in [-0.15, -0.1) is 13.2 Å². The van der Waals surface area contributed by atoms with Crippen molar-refractivity contribution < 1.29 is 27.4 Å². The summed E-state index contributed by atoms with van der Waals surface area (Å²) in [7, 11) is 0. The van der Waals surface area contributed by atoms with Crippen molar-refractivity contribution in [2.45, 2.75) is 85.3 Å². The molecular weight excluding hydrogens is 651 g/mol. The number of carbonyl (C=O) groups is 1. The molecule has 0 unspecified atom stereocenters. The molecule has 0 radical (unpaired) electrons. The number of halogens is 4. The third kappa shape index (κ3) is 8.94. The van der Waals surface area contributed by atoms with Crippen LogP contribution in [0.5, 0.6) is 11.5 Å². The van der Waals surface area contributed by atoms with E-state index in [1.807, 2.05) is 58.9 Å². The first-order valence-corrected chi connectivity index (χ1v) is 17.0. The number of likely N-dealkylation sites (tertiary alicyclic amines) is 1. The van der Waals surface area contributed by atoms with Crippen LogP contribution in [0.25, 0.3) is 22.3 Å². The molecule has 5 rings (SSSR count). The second-order valence-electron chi connectivity index (χ2n) is 13.2. The Hall–Kier alpha value is -4.08. The van der Waals surface area contributed by atoms with E-state index in [2.05, 4.69) is 38.9 Å². The molecule has 1 aromatic heterocycles. The van der Waals surface area contributed by atoms with Crippen molar-refractivity contribution in [3.63, 3.8) is 0 Å². The average Bonchev–Trinajstić information content (AvgIpc) is 3.04. The summed E-state index contributed by atoms with van der Waals surface area (Å²) in [6.45, 7) is 14.2. The minimum atomic E-state index is -4.68. The third-order valence-corrected chi connectivity index (χ3v) is 9.44. The topological polar surface area (TPSA) is 54.9 Å². The van der Waals surface area contributed by atoms with Crippen molar-refractivity contribution >= 4 is 17.7 Å². The SMILES string of the molecule is Cc1nc(C)c(-c2ccc(-c3ccc(CN4CCC(c5ccc(OC(F)(F)F)cc5)CC4)cc3)cc2)c(OC(=O)N(C(C)C)C(C)C)c1Cl. The van der Waals surface area contributed by atoms with E-state index in [4.69, 9.17) is 16.3 Å².